The summed E-state index contributed by atoms with van der Waals surface area (Å²) in [5.41, 5.74) is 0.912. The number of allylic oxidation sites excluding steroid dienone is 3. The molecule has 1 atom stereocenters. The Kier molecular flexibility index (Phi) is 6.46. The molecule has 1 amide bonds. The van der Waals surface area contributed by atoms with Gasteiger partial charge in [-0.25, -0.2) is 0 Å². The fourth-order valence-electron chi connectivity index (χ4n) is 3.10. The first-order valence-electron chi connectivity index (χ1n) is 9.60. The van der Waals surface area contributed by atoms with Gasteiger partial charge in [-0.2, -0.15) is 0 Å². The summed E-state index contributed by atoms with van der Waals surface area (Å²) in [7, 11) is 3.37. The molecule has 4 heteroatoms. The van der Waals surface area contributed by atoms with Crippen molar-refractivity contribution in [2.45, 2.75) is 12.0 Å². The normalized spacial score (nSPS) is 19.2. The molecule has 1 unspecified atom stereocenters. The van der Waals surface area contributed by atoms with Gasteiger partial charge in [-0.1, -0.05) is 72.5 Å². The molecule has 0 radical (unpaired) electrons. The highest BCUT2D eigenvalue weighted by Gasteiger charge is 2.36. The summed E-state index contributed by atoms with van der Waals surface area (Å²) < 4.78 is 0. The summed E-state index contributed by atoms with van der Waals surface area (Å²) in [6.07, 6.45) is 8.13. The molecule has 150 valence electrons. The van der Waals surface area contributed by atoms with E-state index in [1.807, 2.05) is 42.5 Å². The van der Waals surface area contributed by atoms with Gasteiger partial charge < -0.3 is 10.0 Å². The SMILES string of the molecule is CN(C)C(=O)c1ccccc1C#CCC1(O)C=CC(=O)/C1=C/C=C/c1ccccc1. The third-order valence-corrected chi connectivity index (χ3v) is 4.74. The largest absolute Gasteiger partial charge is 0.380 e. The molecule has 1 N–H and O–H groups in total. The summed E-state index contributed by atoms with van der Waals surface area (Å²) >= 11 is 0. The molecule has 2 aromatic carbocycles. The summed E-state index contributed by atoms with van der Waals surface area (Å²) in [6.45, 7) is 0. The van der Waals surface area contributed by atoms with E-state index >= 15 is 0 Å². The van der Waals surface area contributed by atoms with Gasteiger partial charge in [0.25, 0.3) is 5.91 Å². The van der Waals surface area contributed by atoms with Gasteiger partial charge in [0.05, 0.1) is 5.56 Å². The molecule has 4 nitrogen and oxygen atoms in total. The van der Waals surface area contributed by atoms with Gasteiger partial charge in [-0.3, -0.25) is 9.59 Å². The highest BCUT2D eigenvalue weighted by molar-refractivity contribution is 6.09. The van der Waals surface area contributed by atoms with Crippen molar-refractivity contribution >= 4 is 17.8 Å². The summed E-state index contributed by atoms with van der Waals surface area (Å²) in [6, 6.07) is 16.8. The Morgan fingerprint density at radius 1 is 1.10 bits per heavy atom. The number of hydrogen-bond acceptors (Lipinski definition) is 3. The van der Waals surface area contributed by atoms with Gasteiger partial charge in [-0.15, -0.1) is 0 Å². The molecule has 30 heavy (non-hydrogen) atoms. The van der Waals surface area contributed by atoms with Crippen molar-refractivity contribution in [1.82, 2.24) is 4.90 Å². The molecule has 0 aliphatic heterocycles. The number of ketones is 1. The van der Waals surface area contributed by atoms with Gasteiger partial charge in [0, 0.05) is 31.7 Å². The van der Waals surface area contributed by atoms with E-state index in [2.05, 4.69) is 11.8 Å². The van der Waals surface area contributed by atoms with Crippen LogP contribution in [0.5, 0.6) is 0 Å². The molecule has 0 heterocycles. The molecular formula is C26H23NO3. The van der Waals surface area contributed by atoms with Crippen LogP contribution in [0.2, 0.25) is 0 Å². The Morgan fingerprint density at radius 3 is 2.53 bits per heavy atom. The van der Waals surface area contributed by atoms with Crippen LogP contribution >= 0.6 is 0 Å². The average Bonchev–Trinajstić information content (AvgIpc) is 3.03. The maximum absolute atomic E-state index is 12.3. The van der Waals surface area contributed by atoms with Crippen molar-refractivity contribution < 1.29 is 14.7 Å². The molecule has 1 aliphatic carbocycles. The minimum absolute atomic E-state index is 0.0464. The topological polar surface area (TPSA) is 57.6 Å². The predicted octanol–water partition coefficient (Wildman–Crippen LogP) is 3.64. The number of rotatable bonds is 4. The first-order valence-corrected chi connectivity index (χ1v) is 9.60. The maximum atomic E-state index is 12.3. The van der Waals surface area contributed by atoms with Gasteiger partial charge in [0.2, 0.25) is 0 Å². The standard InChI is InChI=1S/C26H23NO3/c1-27(2)25(29)22-15-7-6-13-21(22)14-9-18-26(30)19-17-24(28)23(26)16-8-12-20-10-4-3-5-11-20/h3-8,10-13,15-17,19,30H,18H2,1-2H3/b12-8+,23-16-. The minimum Gasteiger partial charge on any atom is -0.380 e. The van der Waals surface area contributed by atoms with Crippen LogP contribution in [0.4, 0.5) is 0 Å². The van der Waals surface area contributed by atoms with Crippen LogP contribution in [0.3, 0.4) is 0 Å². The zero-order valence-electron chi connectivity index (χ0n) is 17.0. The van der Waals surface area contributed by atoms with Crippen molar-refractivity contribution in [3.05, 3.63) is 101 Å². The maximum Gasteiger partial charge on any atom is 0.254 e. The van der Waals surface area contributed by atoms with Crippen molar-refractivity contribution in [2.24, 2.45) is 0 Å². The van der Waals surface area contributed by atoms with Crippen LogP contribution in [0.25, 0.3) is 6.08 Å². The number of aliphatic hydroxyl groups is 1. The number of nitrogens with zero attached hydrogens (tertiary/aromatic N) is 1. The van der Waals surface area contributed by atoms with Gasteiger partial charge in [0.1, 0.15) is 5.60 Å². The first kappa shape index (κ1) is 21.0. The fraction of sp³-hybridized carbons (Fsp3) is 0.154. The number of carbonyl (C=O) groups excluding carboxylic acids is 2. The van der Waals surface area contributed by atoms with Crippen molar-refractivity contribution in [3.8, 4) is 11.8 Å². The monoisotopic (exact) mass is 397 g/mol. The van der Waals surface area contributed by atoms with E-state index in [-0.39, 0.29) is 23.7 Å². The Bertz CT molecular complexity index is 1100. The van der Waals surface area contributed by atoms with Gasteiger partial charge in [0.15, 0.2) is 5.78 Å². The van der Waals surface area contributed by atoms with Crippen LogP contribution in [-0.4, -0.2) is 41.4 Å². The highest BCUT2D eigenvalue weighted by atomic mass is 16.3. The lowest BCUT2D eigenvalue weighted by Gasteiger charge is -2.19. The van der Waals surface area contributed by atoms with Crippen molar-refractivity contribution in [3.63, 3.8) is 0 Å². The zero-order chi connectivity index (χ0) is 21.6. The average molecular weight is 397 g/mol. The molecular weight excluding hydrogens is 374 g/mol. The van der Waals surface area contributed by atoms with E-state index in [0.29, 0.717) is 11.1 Å². The van der Waals surface area contributed by atoms with Crippen LogP contribution in [-0.2, 0) is 4.79 Å². The van der Waals surface area contributed by atoms with Gasteiger partial charge >= 0.3 is 0 Å². The van der Waals surface area contributed by atoms with Gasteiger partial charge in [-0.05, 0) is 29.8 Å². The van der Waals surface area contributed by atoms with E-state index in [1.165, 1.54) is 17.1 Å². The van der Waals surface area contributed by atoms with Crippen LogP contribution in [0.15, 0.2) is 84.5 Å². The molecule has 0 saturated carbocycles. The number of benzene rings is 2. The summed E-state index contributed by atoms with van der Waals surface area (Å²) in [4.78, 5) is 26.0. The Morgan fingerprint density at radius 2 is 1.80 bits per heavy atom. The summed E-state index contributed by atoms with van der Waals surface area (Å²) in [5.74, 6) is 5.53. The smallest absolute Gasteiger partial charge is 0.254 e. The van der Waals surface area contributed by atoms with Crippen molar-refractivity contribution in [1.29, 1.82) is 0 Å². The lowest BCUT2D eigenvalue weighted by Crippen LogP contribution is -2.27. The molecule has 0 aromatic heterocycles. The molecule has 2 aromatic rings. The zero-order valence-corrected chi connectivity index (χ0v) is 17.0. The van der Waals surface area contributed by atoms with E-state index in [9.17, 15) is 14.7 Å². The third kappa shape index (κ3) is 4.83. The number of amides is 1. The molecule has 0 bridgehead atoms. The lowest BCUT2D eigenvalue weighted by molar-refractivity contribution is -0.112. The number of carbonyl (C=O) groups is 2. The quantitative estimate of drug-likeness (QED) is 0.633. The lowest BCUT2D eigenvalue weighted by atomic mass is 9.92. The van der Waals surface area contributed by atoms with Crippen LogP contribution in [0.1, 0.15) is 27.9 Å². The molecule has 0 fully saturated rings. The third-order valence-electron chi connectivity index (χ3n) is 4.74. The molecule has 0 spiro atoms. The summed E-state index contributed by atoms with van der Waals surface area (Å²) in [5, 5.41) is 11.0. The van der Waals surface area contributed by atoms with E-state index in [1.54, 1.807) is 44.4 Å². The van der Waals surface area contributed by atoms with Crippen molar-refractivity contribution in [2.75, 3.05) is 14.1 Å². The van der Waals surface area contributed by atoms with E-state index in [4.69, 9.17) is 0 Å². The molecule has 1 aliphatic rings. The molecule has 3 rings (SSSR count). The molecule has 0 saturated heterocycles. The fourth-order valence-corrected chi connectivity index (χ4v) is 3.10. The van der Waals surface area contributed by atoms with Crippen LogP contribution in [0, 0.1) is 11.8 Å². The predicted molar refractivity (Wildman–Crippen MR) is 119 cm³/mol. The Labute approximate surface area is 176 Å². The Hall–Kier alpha value is -3.68. The second-order valence-corrected chi connectivity index (χ2v) is 7.20. The highest BCUT2D eigenvalue weighted by Crippen LogP contribution is 2.29. The van der Waals surface area contributed by atoms with E-state index < -0.39 is 5.60 Å². The second-order valence-electron chi connectivity index (χ2n) is 7.20. The first-order chi connectivity index (χ1) is 14.4. The Balaban J connectivity index is 1.81. The van der Waals surface area contributed by atoms with E-state index in [0.717, 1.165) is 5.56 Å². The van der Waals surface area contributed by atoms with Crippen LogP contribution < -0.4 is 0 Å². The second kappa shape index (κ2) is 9.21. The number of hydrogen-bond donors (Lipinski definition) is 1. The minimum atomic E-state index is -1.45.